The molecule has 0 radical (unpaired) electrons. The number of hydrogen-bond donors (Lipinski definition) is 2. The van der Waals surface area contributed by atoms with Gasteiger partial charge in [0.25, 0.3) is 0 Å². The largest absolute Gasteiger partial charge is 0.391 e. The van der Waals surface area contributed by atoms with Crippen LogP contribution in [0.2, 0.25) is 0 Å². The molecule has 4 heteroatoms. The third-order valence-electron chi connectivity index (χ3n) is 3.01. The zero-order valence-corrected chi connectivity index (χ0v) is 11.5. The lowest BCUT2D eigenvalue weighted by atomic mass is 9.93. The van der Waals surface area contributed by atoms with E-state index in [0.29, 0.717) is 6.54 Å². The van der Waals surface area contributed by atoms with Crippen LogP contribution in [0.4, 0.5) is 0 Å². The molecule has 0 aliphatic rings. The van der Waals surface area contributed by atoms with Crippen LogP contribution in [-0.4, -0.2) is 29.5 Å². The minimum absolute atomic E-state index is 0.104. The maximum atomic E-state index is 11.7. The number of carbonyl (C=O) groups is 1. The normalized spacial score (nSPS) is 13.9. The number of halogens is 1. The van der Waals surface area contributed by atoms with Gasteiger partial charge in [-0.15, -0.1) is 11.6 Å². The van der Waals surface area contributed by atoms with Crippen LogP contribution in [0.3, 0.4) is 0 Å². The quantitative estimate of drug-likeness (QED) is 0.680. The number of hydrogen-bond acceptors (Lipinski definition) is 2. The summed E-state index contributed by atoms with van der Waals surface area (Å²) in [5.74, 6) is 0.423. The molecule has 96 valence electrons. The molecule has 1 amide bonds. The average Bonchev–Trinajstić information content (AvgIpc) is 2.27. The van der Waals surface area contributed by atoms with Crippen molar-refractivity contribution in [3.8, 4) is 0 Å². The first kappa shape index (κ1) is 15.7. The van der Waals surface area contributed by atoms with E-state index in [1.165, 1.54) is 0 Å². The third-order valence-corrected chi connectivity index (χ3v) is 3.68. The van der Waals surface area contributed by atoms with Crippen molar-refractivity contribution < 1.29 is 9.90 Å². The van der Waals surface area contributed by atoms with Gasteiger partial charge in [0, 0.05) is 12.4 Å². The zero-order valence-electron chi connectivity index (χ0n) is 10.7. The van der Waals surface area contributed by atoms with Gasteiger partial charge in [-0.3, -0.25) is 4.79 Å². The van der Waals surface area contributed by atoms with Crippen molar-refractivity contribution >= 4 is 17.5 Å². The van der Waals surface area contributed by atoms with Crippen molar-refractivity contribution in [3.63, 3.8) is 0 Å². The third kappa shape index (κ3) is 4.71. The van der Waals surface area contributed by atoms with Crippen molar-refractivity contribution in [2.24, 2.45) is 11.3 Å². The molecule has 0 rings (SSSR count). The Labute approximate surface area is 104 Å². The number of amides is 1. The van der Waals surface area contributed by atoms with Gasteiger partial charge in [0.15, 0.2) is 0 Å². The molecule has 3 nitrogen and oxygen atoms in total. The SMILES string of the molecule is CCC(CC)C(O)CNC(=O)C(C)(C)CCl. The molecule has 0 aliphatic carbocycles. The Balaban J connectivity index is 4.10. The summed E-state index contributed by atoms with van der Waals surface area (Å²) in [4.78, 5) is 11.7. The highest BCUT2D eigenvalue weighted by Crippen LogP contribution is 2.17. The first-order valence-corrected chi connectivity index (χ1v) is 6.44. The Kier molecular flexibility index (Phi) is 7.00. The van der Waals surface area contributed by atoms with E-state index in [4.69, 9.17) is 11.6 Å². The molecule has 0 aliphatic heterocycles. The summed E-state index contributed by atoms with van der Waals surface area (Å²) in [5, 5.41) is 12.6. The minimum atomic E-state index is -0.574. The smallest absolute Gasteiger partial charge is 0.226 e. The first-order valence-electron chi connectivity index (χ1n) is 5.91. The summed E-state index contributed by atoms with van der Waals surface area (Å²) < 4.78 is 0. The predicted octanol–water partition coefficient (Wildman–Crippen LogP) is 2.16. The summed E-state index contributed by atoms with van der Waals surface area (Å²) >= 11 is 5.70. The molecule has 0 aromatic heterocycles. The molecule has 16 heavy (non-hydrogen) atoms. The minimum Gasteiger partial charge on any atom is -0.391 e. The van der Waals surface area contributed by atoms with Gasteiger partial charge < -0.3 is 10.4 Å². The molecular formula is C12H24ClNO2. The maximum Gasteiger partial charge on any atom is 0.226 e. The Morgan fingerprint density at radius 1 is 1.38 bits per heavy atom. The van der Waals surface area contributed by atoms with Crippen molar-refractivity contribution in [1.29, 1.82) is 0 Å². The molecule has 0 fully saturated rings. The number of aliphatic hydroxyl groups is 1. The van der Waals surface area contributed by atoms with E-state index in [0.717, 1.165) is 12.8 Å². The fourth-order valence-corrected chi connectivity index (χ4v) is 1.62. The maximum absolute atomic E-state index is 11.7. The Morgan fingerprint density at radius 3 is 2.25 bits per heavy atom. The molecule has 0 bridgehead atoms. The van der Waals surface area contributed by atoms with E-state index in [2.05, 4.69) is 5.32 Å². The van der Waals surface area contributed by atoms with Gasteiger partial charge in [-0.05, 0) is 19.8 Å². The molecule has 0 heterocycles. The topological polar surface area (TPSA) is 49.3 Å². The van der Waals surface area contributed by atoms with Crippen molar-refractivity contribution in [2.75, 3.05) is 12.4 Å². The van der Waals surface area contributed by atoms with Crippen molar-refractivity contribution in [1.82, 2.24) is 5.32 Å². The number of aliphatic hydroxyl groups excluding tert-OH is 1. The van der Waals surface area contributed by atoms with Gasteiger partial charge in [-0.1, -0.05) is 26.7 Å². The van der Waals surface area contributed by atoms with E-state index in [1.54, 1.807) is 13.8 Å². The van der Waals surface area contributed by atoms with Crippen molar-refractivity contribution in [2.45, 2.75) is 46.6 Å². The number of alkyl halides is 1. The molecule has 0 aromatic carbocycles. The predicted molar refractivity (Wildman–Crippen MR) is 67.6 cm³/mol. The van der Waals surface area contributed by atoms with Crippen LogP contribution in [0.25, 0.3) is 0 Å². The second kappa shape index (κ2) is 7.13. The van der Waals surface area contributed by atoms with Crippen LogP contribution in [-0.2, 0) is 4.79 Å². The highest BCUT2D eigenvalue weighted by Gasteiger charge is 2.27. The number of nitrogens with one attached hydrogen (secondary N) is 1. The second-order valence-corrected chi connectivity index (χ2v) is 5.14. The van der Waals surface area contributed by atoms with Crippen LogP contribution >= 0.6 is 11.6 Å². The van der Waals surface area contributed by atoms with Gasteiger partial charge in [0.2, 0.25) is 5.91 Å². The lowest BCUT2D eigenvalue weighted by Crippen LogP contribution is -2.43. The monoisotopic (exact) mass is 249 g/mol. The lowest BCUT2D eigenvalue weighted by Gasteiger charge is -2.24. The fourth-order valence-electron chi connectivity index (χ4n) is 1.50. The van der Waals surface area contributed by atoms with Crippen LogP contribution in [0.1, 0.15) is 40.5 Å². The van der Waals surface area contributed by atoms with E-state index >= 15 is 0 Å². The molecule has 0 saturated carbocycles. The van der Waals surface area contributed by atoms with Crippen LogP contribution < -0.4 is 5.32 Å². The molecule has 0 saturated heterocycles. The van der Waals surface area contributed by atoms with E-state index in [1.807, 2.05) is 13.8 Å². The number of carbonyl (C=O) groups excluding carboxylic acids is 1. The fraction of sp³-hybridized carbons (Fsp3) is 0.917. The van der Waals surface area contributed by atoms with Gasteiger partial charge in [0.1, 0.15) is 0 Å². The van der Waals surface area contributed by atoms with Gasteiger partial charge >= 0.3 is 0 Å². The molecule has 1 atom stereocenters. The summed E-state index contributed by atoms with van der Waals surface area (Å²) in [6.45, 7) is 7.98. The molecule has 0 aromatic rings. The summed E-state index contributed by atoms with van der Waals surface area (Å²) in [6.07, 6.45) is 1.38. The molecule has 2 N–H and O–H groups in total. The van der Waals surface area contributed by atoms with Crippen LogP contribution in [0.5, 0.6) is 0 Å². The Morgan fingerprint density at radius 2 is 1.88 bits per heavy atom. The van der Waals surface area contributed by atoms with Crippen LogP contribution in [0.15, 0.2) is 0 Å². The molecule has 0 spiro atoms. The first-order chi connectivity index (χ1) is 7.38. The summed E-state index contributed by atoms with van der Waals surface area (Å²) in [5.41, 5.74) is -0.574. The summed E-state index contributed by atoms with van der Waals surface area (Å²) in [7, 11) is 0. The van der Waals surface area contributed by atoms with Gasteiger partial charge in [-0.2, -0.15) is 0 Å². The number of rotatable bonds is 7. The molecular weight excluding hydrogens is 226 g/mol. The average molecular weight is 250 g/mol. The van der Waals surface area contributed by atoms with E-state index in [9.17, 15) is 9.90 Å². The Bertz CT molecular complexity index is 215. The van der Waals surface area contributed by atoms with Gasteiger partial charge in [0.05, 0.1) is 11.5 Å². The zero-order chi connectivity index (χ0) is 12.8. The summed E-state index contributed by atoms with van der Waals surface area (Å²) in [6, 6.07) is 0. The lowest BCUT2D eigenvalue weighted by molar-refractivity contribution is -0.128. The van der Waals surface area contributed by atoms with Gasteiger partial charge in [-0.25, -0.2) is 0 Å². The molecule has 1 unspecified atom stereocenters. The van der Waals surface area contributed by atoms with Crippen LogP contribution in [0, 0.1) is 11.3 Å². The highest BCUT2D eigenvalue weighted by atomic mass is 35.5. The standard InChI is InChI=1S/C12H24ClNO2/c1-5-9(6-2)10(15)7-14-11(16)12(3,4)8-13/h9-10,15H,5-8H2,1-4H3,(H,14,16). The van der Waals surface area contributed by atoms with E-state index < -0.39 is 11.5 Å². The van der Waals surface area contributed by atoms with E-state index in [-0.39, 0.29) is 17.7 Å². The second-order valence-electron chi connectivity index (χ2n) is 4.87. The van der Waals surface area contributed by atoms with Crippen molar-refractivity contribution in [3.05, 3.63) is 0 Å². The Hall–Kier alpha value is -0.280. The highest BCUT2D eigenvalue weighted by molar-refractivity contribution is 6.19.